The normalized spacial score (nSPS) is 20.1. The molecule has 15 heavy (non-hydrogen) atoms. The number of fused-ring (bicyclic) bond motifs is 1. The van der Waals surface area contributed by atoms with E-state index in [0.29, 0.717) is 11.3 Å². The van der Waals surface area contributed by atoms with Gasteiger partial charge in [-0.15, -0.1) is 0 Å². The molecular formula is C14H20O. The molecule has 0 saturated heterocycles. The molecule has 0 radical (unpaired) electrons. The summed E-state index contributed by atoms with van der Waals surface area (Å²) >= 11 is 0. The molecule has 0 spiro atoms. The molecule has 0 amide bonds. The zero-order valence-corrected chi connectivity index (χ0v) is 10.1. The molecule has 0 aliphatic heterocycles. The molecule has 1 aliphatic carbocycles. The summed E-state index contributed by atoms with van der Waals surface area (Å²) in [4.78, 5) is 0. The van der Waals surface area contributed by atoms with Gasteiger partial charge in [0.05, 0.1) is 7.11 Å². The van der Waals surface area contributed by atoms with Crippen LogP contribution in [0.1, 0.15) is 44.2 Å². The minimum absolute atomic E-state index is 0.333. The monoisotopic (exact) mass is 204 g/mol. The van der Waals surface area contributed by atoms with Crippen LogP contribution in [0.4, 0.5) is 0 Å². The van der Waals surface area contributed by atoms with Crippen molar-refractivity contribution in [2.75, 3.05) is 7.11 Å². The first kappa shape index (κ1) is 10.5. The van der Waals surface area contributed by atoms with Gasteiger partial charge in [0.25, 0.3) is 0 Å². The highest BCUT2D eigenvalue weighted by Crippen LogP contribution is 2.48. The SMILES string of the molecule is COc1cccc2c1C(C(C)(C)C)CC2. The second-order valence-electron chi connectivity index (χ2n) is 5.49. The Morgan fingerprint density at radius 1 is 1.27 bits per heavy atom. The van der Waals surface area contributed by atoms with Gasteiger partial charge in [-0.3, -0.25) is 0 Å². The molecular weight excluding hydrogens is 184 g/mol. The maximum absolute atomic E-state index is 5.48. The molecule has 0 heterocycles. The fourth-order valence-corrected chi connectivity index (χ4v) is 2.69. The molecule has 0 N–H and O–H groups in total. The van der Waals surface area contributed by atoms with E-state index in [1.54, 1.807) is 7.11 Å². The third-order valence-electron chi connectivity index (χ3n) is 3.47. The van der Waals surface area contributed by atoms with Crippen LogP contribution in [0.2, 0.25) is 0 Å². The Morgan fingerprint density at radius 2 is 2.00 bits per heavy atom. The van der Waals surface area contributed by atoms with Crippen molar-refractivity contribution in [3.05, 3.63) is 29.3 Å². The molecule has 82 valence electrons. The molecule has 1 atom stereocenters. The molecule has 1 nitrogen and oxygen atoms in total. The van der Waals surface area contributed by atoms with Gasteiger partial charge in [-0.25, -0.2) is 0 Å². The zero-order chi connectivity index (χ0) is 11.1. The van der Waals surface area contributed by atoms with Crippen LogP contribution in [0.3, 0.4) is 0 Å². The third kappa shape index (κ3) is 1.75. The fourth-order valence-electron chi connectivity index (χ4n) is 2.69. The average molecular weight is 204 g/mol. The number of hydrogen-bond acceptors (Lipinski definition) is 1. The number of rotatable bonds is 1. The van der Waals surface area contributed by atoms with Gasteiger partial charge in [0.2, 0.25) is 0 Å². The summed E-state index contributed by atoms with van der Waals surface area (Å²) in [6.45, 7) is 6.96. The van der Waals surface area contributed by atoms with E-state index in [-0.39, 0.29) is 0 Å². The number of aryl methyl sites for hydroxylation is 1. The summed E-state index contributed by atoms with van der Waals surface area (Å²) in [7, 11) is 1.77. The van der Waals surface area contributed by atoms with Gasteiger partial charge in [-0.2, -0.15) is 0 Å². The van der Waals surface area contributed by atoms with Crippen molar-refractivity contribution in [3.8, 4) is 5.75 Å². The van der Waals surface area contributed by atoms with E-state index in [2.05, 4.69) is 39.0 Å². The molecule has 2 rings (SSSR count). The van der Waals surface area contributed by atoms with E-state index in [4.69, 9.17) is 4.74 Å². The van der Waals surface area contributed by atoms with Gasteiger partial charge in [0, 0.05) is 5.56 Å². The summed E-state index contributed by atoms with van der Waals surface area (Å²) in [5, 5.41) is 0. The number of benzene rings is 1. The number of ether oxygens (including phenoxy) is 1. The van der Waals surface area contributed by atoms with Gasteiger partial charge in [0.1, 0.15) is 5.75 Å². The highest BCUT2D eigenvalue weighted by atomic mass is 16.5. The van der Waals surface area contributed by atoms with Crippen molar-refractivity contribution in [3.63, 3.8) is 0 Å². The van der Waals surface area contributed by atoms with E-state index in [1.165, 1.54) is 24.0 Å². The molecule has 1 aliphatic rings. The molecule has 1 aromatic carbocycles. The molecule has 0 aromatic heterocycles. The lowest BCUT2D eigenvalue weighted by atomic mass is 9.77. The average Bonchev–Trinajstić information content (AvgIpc) is 2.59. The van der Waals surface area contributed by atoms with Crippen LogP contribution in [0.5, 0.6) is 5.75 Å². The standard InChI is InChI=1S/C14H20O/c1-14(2,3)11-9-8-10-6-5-7-12(15-4)13(10)11/h5-7,11H,8-9H2,1-4H3. The van der Waals surface area contributed by atoms with Gasteiger partial charge in [-0.05, 0) is 35.8 Å². The van der Waals surface area contributed by atoms with Crippen LogP contribution in [-0.4, -0.2) is 7.11 Å². The summed E-state index contributed by atoms with van der Waals surface area (Å²) in [6.07, 6.45) is 2.47. The fraction of sp³-hybridized carbons (Fsp3) is 0.571. The van der Waals surface area contributed by atoms with E-state index < -0.39 is 0 Å². The zero-order valence-electron chi connectivity index (χ0n) is 10.1. The predicted molar refractivity (Wildman–Crippen MR) is 63.5 cm³/mol. The lowest BCUT2D eigenvalue weighted by molar-refractivity contribution is 0.309. The highest BCUT2D eigenvalue weighted by molar-refractivity contribution is 5.46. The van der Waals surface area contributed by atoms with Crippen molar-refractivity contribution in [2.24, 2.45) is 5.41 Å². The Morgan fingerprint density at radius 3 is 2.60 bits per heavy atom. The first-order valence-corrected chi connectivity index (χ1v) is 5.70. The van der Waals surface area contributed by atoms with Crippen LogP contribution in [0, 0.1) is 5.41 Å². The highest BCUT2D eigenvalue weighted by Gasteiger charge is 2.34. The Labute approximate surface area is 92.5 Å². The van der Waals surface area contributed by atoms with Gasteiger partial charge in [-0.1, -0.05) is 32.9 Å². The molecule has 0 saturated carbocycles. The largest absolute Gasteiger partial charge is 0.496 e. The van der Waals surface area contributed by atoms with Gasteiger partial charge < -0.3 is 4.74 Å². The molecule has 0 bridgehead atoms. The predicted octanol–water partition coefficient (Wildman–Crippen LogP) is 3.77. The third-order valence-corrected chi connectivity index (χ3v) is 3.47. The minimum Gasteiger partial charge on any atom is -0.496 e. The molecule has 0 fully saturated rings. The Balaban J connectivity index is 2.48. The van der Waals surface area contributed by atoms with Crippen molar-refractivity contribution in [2.45, 2.75) is 39.5 Å². The first-order valence-electron chi connectivity index (χ1n) is 5.70. The first-order chi connectivity index (χ1) is 7.04. The molecule has 1 aromatic rings. The van der Waals surface area contributed by atoms with Crippen LogP contribution in [0.25, 0.3) is 0 Å². The summed E-state index contributed by atoms with van der Waals surface area (Å²) in [6, 6.07) is 6.43. The van der Waals surface area contributed by atoms with Gasteiger partial charge in [0.15, 0.2) is 0 Å². The molecule has 1 unspecified atom stereocenters. The lowest BCUT2D eigenvalue weighted by Gasteiger charge is -2.28. The van der Waals surface area contributed by atoms with Crippen LogP contribution < -0.4 is 4.74 Å². The van der Waals surface area contributed by atoms with Crippen molar-refractivity contribution in [1.29, 1.82) is 0 Å². The smallest absolute Gasteiger partial charge is 0.122 e. The summed E-state index contributed by atoms with van der Waals surface area (Å²) in [5.41, 5.74) is 3.27. The maximum Gasteiger partial charge on any atom is 0.122 e. The quantitative estimate of drug-likeness (QED) is 0.676. The molecule has 1 heteroatoms. The van der Waals surface area contributed by atoms with E-state index >= 15 is 0 Å². The van der Waals surface area contributed by atoms with E-state index in [9.17, 15) is 0 Å². The Kier molecular flexibility index (Phi) is 2.49. The van der Waals surface area contributed by atoms with Crippen LogP contribution in [-0.2, 0) is 6.42 Å². The van der Waals surface area contributed by atoms with Gasteiger partial charge >= 0.3 is 0 Å². The van der Waals surface area contributed by atoms with Crippen LogP contribution >= 0.6 is 0 Å². The van der Waals surface area contributed by atoms with E-state index in [0.717, 1.165) is 5.75 Å². The Hall–Kier alpha value is -0.980. The second-order valence-corrected chi connectivity index (χ2v) is 5.49. The topological polar surface area (TPSA) is 9.23 Å². The second kappa shape index (κ2) is 3.55. The summed E-state index contributed by atoms with van der Waals surface area (Å²) < 4.78 is 5.48. The minimum atomic E-state index is 0.333. The van der Waals surface area contributed by atoms with Crippen molar-refractivity contribution >= 4 is 0 Å². The lowest BCUT2D eigenvalue weighted by Crippen LogP contribution is -2.16. The number of hydrogen-bond donors (Lipinski definition) is 0. The summed E-state index contributed by atoms with van der Waals surface area (Å²) in [5.74, 6) is 1.72. The maximum atomic E-state index is 5.48. The van der Waals surface area contributed by atoms with Crippen molar-refractivity contribution < 1.29 is 4.74 Å². The number of methoxy groups -OCH3 is 1. The van der Waals surface area contributed by atoms with Crippen LogP contribution in [0.15, 0.2) is 18.2 Å². The Bertz CT molecular complexity index is 360. The van der Waals surface area contributed by atoms with E-state index in [1.807, 2.05) is 0 Å². The van der Waals surface area contributed by atoms with Crippen molar-refractivity contribution in [1.82, 2.24) is 0 Å².